The summed E-state index contributed by atoms with van der Waals surface area (Å²) in [7, 11) is 0. The van der Waals surface area contributed by atoms with Crippen LogP contribution in [0.15, 0.2) is 54.4 Å². The Kier molecular flexibility index (Phi) is 6.39. The highest BCUT2D eigenvalue weighted by molar-refractivity contribution is 6.46. The van der Waals surface area contributed by atoms with Crippen LogP contribution >= 0.6 is 0 Å². The van der Waals surface area contributed by atoms with Gasteiger partial charge in [0.25, 0.3) is 11.7 Å². The second kappa shape index (κ2) is 9.36. The fourth-order valence-corrected chi connectivity index (χ4v) is 4.05. The van der Waals surface area contributed by atoms with Crippen LogP contribution in [-0.2, 0) is 14.3 Å². The predicted octanol–water partition coefficient (Wildman–Crippen LogP) is 2.36. The van der Waals surface area contributed by atoms with Gasteiger partial charge in [0.1, 0.15) is 11.6 Å². The van der Waals surface area contributed by atoms with Gasteiger partial charge in [0, 0.05) is 44.1 Å². The highest BCUT2D eigenvalue weighted by atomic mass is 19.1. The quantitative estimate of drug-likeness (QED) is 0.435. The maximum absolute atomic E-state index is 13.3. The molecule has 7 nitrogen and oxygen atoms in total. The molecule has 0 saturated carbocycles. The number of morpholine rings is 1. The number of benzene rings is 1. The molecule has 0 aliphatic carbocycles. The van der Waals surface area contributed by atoms with E-state index < -0.39 is 23.5 Å². The van der Waals surface area contributed by atoms with Gasteiger partial charge in [-0.15, -0.1) is 0 Å². The van der Waals surface area contributed by atoms with Gasteiger partial charge in [0.15, 0.2) is 0 Å². The van der Waals surface area contributed by atoms with Gasteiger partial charge in [-0.05, 0) is 42.3 Å². The third kappa shape index (κ3) is 4.50. The number of aliphatic hydroxyl groups is 1. The minimum absolute atomic E-state index is 0.00372. The number of hydrogen-bond donors (Lipinski definition) is 1. The van der Waals surface area contributed by atoms with Crippen molar-refractivity contribution in [2.24, 2.45) is 0 Å². The molecule has 162 valence electrons. The first-order valence-corrected chi connectivity index (χ1v) is 10.3. The molecule has 2 fully saturated rings. The molecule has 1 atom stereocenters. The molecule has 1 aromatic heterocycles. The Balaban J connectivity index is 1.64. The van der Waals surface area contributed by atoms with E-state index in [1.54, 1.807) is 24.5 Å². The lowest BCUT2D eigenvalue weighted by atomic mass is 9.96. The number of halogens is 1. The Morgan fingerprint density at radius 2 is 1.87 bits per heavy atom. The zero-order chi connectivity index (χ0) is 21.8. The molecule has 1 amide bonds. The summed E-state index contributed by atoms with van der Waals surface area (Å²) in [6.07, 6.45) is 3.87. The summed E-state index contributed by atoms with van der Waals surface area (Å²) in [5.41, 5.74) is 0.911. The van der Waals surface area contributed by atoms with Crippen LogP contribution in [0.3, 0.4) is 0 Å². The number of pyridine rings is 1. The molecule has 4 rings (SSSR count). The van der Waals surface area contributed by atoms with Gasteiger partial charge in [-0.25, -0.2) is 4.39 Å². The van der Waals surface area contributed by atoms with E-state index in [4.69, 9.17) is 4.74 Å². The van der Waals surface area contributed by atoms with Gasteiger partial charge in [-0.3, -0.25) is 19.5 Å². The Labute approximate surface area is 179 Å². The van der Waals surface area contributed by atoms with E-state index in [2.05, 4.69) is 9.88 Å². The van der Waals surface area contributed by atoms with Crippen molar-refractivity contribution in [3.63, 3.8) is 0 Å². The molecule has 0 radical (unpaired) electrons. The molecule has 0 bridgehead atoms. The molecule has 0 unspecified atom stereocenters. The maximum Gasteiger partial charge on any atom is 0.295 e. The highest BCUT2D eigenvalue weighted by Gasteiger charge is 2.45. The lowest BCUT2D eigenvalue weighted by molar-refractivity contribution is -0.140. The Morgan fingerprint density at radius 3 is 2.55 bits per heavy atom. The average molecular weight is 425 g/mol. The van der Waals surface area contributed by atoms with Gasteiger partial charge in [-0.2, -0.15) is 0 Å². The largest absolute Gasteiger partial charge is 0.507 e. The summed E-state index contributed by atoms with van der Waals surface area (Å²) in [5.74, 6) is -2.17. The zero-order valence-corrected chi connectivity index (χ0v) is 17.0. The van der Waals surface area contributed by atoms with E-state index >= 15 is 0 Å². The molecule has 2 aliphatic rings. The number of nitrogens with zero attached hydrogens (tertiary/aromatic N) is 3. The standard InChI is InChI=1S/C23H24FN3O4/c24-18-6-4-16(5-7-18)21(28)19-20(17-3-1-8-25-15-17)27(23(30)22(19)29)10-2-9-26-11-13-31-14-12-26/h1,3-8,15,20,28H,2,9-14H2/t20-/m1/s1. The van der Waals surface area contributed by atoms with E-state index in [-0.39, 0.29) is 16.9 Å². The van der Waals surface area contributed by atoms with Crippen LogP contribution < -0.4 is 0 Å². The van der Waals surface area contributed by atoms with Crippen molar-refractivity contribution in [3.8, 4) is 0 Å². The minimum atomic E-state index is -0.748. The fraction of sp³-hybridized carbons (Fsp3) is 0.348. The molecule has 2 aromatic rings. The number of ketones is 1. The molecular weight excluding hydrogens is 401 g/mol. The summed E-state index contributed by atoms with van der Waals surface area (Å²) < 4.78 is 18.7. The lowest BCUT2D eigenvalue weighted by Crippen LogP contribution is -2.39. The van der Waals surface area contributed by atoms with Gasteiger partial charge in [0.05, 0.1) is 24.8 Å². The van der Waals surface area contributed by atoms with Gasteiger partial charge in [-0.1, -0.05) is 6.07 Å². The van der Waals surface area contributed by atoms with Crippen LogP contribution in [-0.4, -0.2) is 71.0 Å². The van der Waals surface area contributed by atoms with Crippen molar-refractivity contribution in [1.29, 1.82) is 0 Å². The number of likely N-dealkylation sites (tertiary alicyclic amines) is 1. The fourth-order valence-electron chi connectivity index (χ4n) is 4.05. The lowest BCUT2D eigenvalue weighted by Gasteiger charge is -2.29. The normalized spacial score (nSPS) is 21.6. The molecule has 1 aromatic carbocycles. The Hall–Kier alpha value is -3.10. The molecule has 2 saturated heterocycles. The number of rotatable bonds is 6. The van der Waals surface area contributed by atoms with Gasteiger partial charge in [0.2, 0.25) is 0 Å². The first kappa shape index (κ1) is 21.1. The van der Waals surface area contributed by atoms with Crippen molar-refractivity contribution in [1.82, 2.24) is 14.8 Å². The maximum atomic E-state index is 13.3. The number of ether oxygens (including phenoxy) is 1. The molecule has 2 aliphatic heterocycles. The first-order chi connectivity index (χ1) is 15.1. The van der Waals surface area contributed by atoms with Crippen LogP contribution in [0.1, 0.15) is 23.6 Å². The monoisotopic (exact) mass is 425 g/mol. The summed E-state index contributed by atoms with van der Waals surface area (Å²) in [6, 6.07) is 7.92. The van der Waals surface area contributed by atoms with Gasteiger partial charge < -0.3 is 14.7 Å². The predicted molar refractivity (Wildman–Crippen MR) is 112 cm³/mol. The number of hydrogen-bond acceptors (Lipinski definition) is 6. The van der Waals surface area contributed by atoms with Crippen LogP contribution in [0, 0.1) is 5.82 Å². The Morgan fingerprint density at radius 1 is 1.13 bits per heavy atom. The molecule has 0 spiro atoms. The third-order valence-electron chi connectivity index (χ3n) is 5.63. The molecule has 1 N–H and O–H groups in total. The molecular formula is C23H24FN3O4. The molecule has 3 heterocycles. The van der Waals surface area contributed by atoms with Crippen LogP contribution in [0.4, 0.5) is 4.39 Å². The van der Waals surface area contributed by atoms with Gasteiger partial charge >= 0.3 is 0 Å². The van der Waals surface area contributed by atoms with Crippen LogP contribution in [0.25, 0.3) is 5.76 Å². The van der Waals surface area contributed by atoms with Crippen molar-refractivity contribution in [2.45, 2.75) is 12.5 Å². The number of Topliss-reactive ketones (excluding diaryl/α,β-unsaturated/α-hetero) is 1. The van der Waals surface area contributed by atoms with Crippen molar-refractivity contribution < 1.29 is 23.8 Å². The van der Waals surface area contributed by atoms with E-state index in [0.717, 1.165) is 19.6 Å². The second-order valence-corrected chi connectivity index (χ2v) is 7.59. The van der Waals surface area contributed by atoms with Crippen LogP contribution in [0.5, 0.6) is 0 Å². The number of carbonyl (C=O) groups is 2. The van der Waals surface area contributed by atoms with E-state index in [1.165, 1.54) is 29.2 Å². The molecule has 8 heteroatoms. The van der Waals surface area contributed by atoms with E-state index in [1.807, 2.05) is 0 Å². The minimum Gasteiger partial charge on any atom is -0.507 e. The number of amides is 1. The second-order valence-electron chi connectivity index (χ2n) is 7.59. The number of aromatic nitrogens is 1. The number of aliphatic hydroxyl groups excluding tert-OH is 1. The third-order valence-corrected chi connectivity index (χ3v) is 5.63. The number of carbonyl (C=O) groups excluding carboxylic acids is 2. The Bertz CT molecular complexity index is 972. The summed E-state index contributed by atoms with van der Waals surface area (Å²) in [6.45, 7) is 4.21. The SMILES string of the molecule is O=C1C(=O)N(CCCN2CCOCC2)[C@H](c2cccnc2)C1=C(O)c1ccc(F)cc1. The summed E-state index contributed by atoms with van der Waals surface area (Å²) >= 11 is 0. The first-order valence-electron chi connectivity index (χ1n) is 10.3. The van der Waals surface area contributed by atoms with Crippen molar-refractivity contribution >= 4 is 17.4 Å². The summed E-state index contributed by atoms with van der Waals surface area (Å²) in [4.78, 5) is 33.7. The van der Waals surface area contributed by atoms with Crippen molar-refractivity contribution in [2.75, 3.05) is 39.4 Å². The molecule has 31 heavy (non-hydrogen) atoms. The van der Waals surface area contributed by atoms with E-state index in [9.17, 15) is 19.1 Å². The smallest absolute Gasteiger partial charge is 0.295 e. The summed E-state index contributed by atoms with van der Waals surface area (Å²) in [5, 5.41) is 10.9. The topological polar surface area (TPSA) is 83.0 Å². The highest BCUT2D eigenvalue weighted by Crippen LogP contribution is 2.39. The van der Waals surface area contributed by atoms with E-state index in [0.29, 0.717) is 31.7 Å². The van der Waals surface area contributed by atoms with Crippen LogP contribution in [0.2, 0.25) is 0 Å². The average Bonchev–Trinajstić information content (AvgIpc) is 3.05. The zero-order valence-electron chi connectivity index (χ0n) is 17.0. The van der Waals surface area contributed by atoms with Crippen molar-refractivity contribution in [3.05, 3.63) is 71.3 Å².